The number of anilines is 2. The Morgan fingerprint density at radius 1 is 0.955 bits per heavy atom. The van der Waals surface area contributed by atoms with E-state index in [2.05, 4.69) is 28.7 Å². The molecule has 116 valence electrons. The van der Waals surface area contributed by atoms with Crippen molar-refractivity contribution in [2.75, 3.05) is 29.4 Å². The summed E-state index contributed by atoms with van der Waals surface area (Å²) >= 11 is 0. The van der Waals surface area contributed by atoms with Crippen molar-refractivity contribution in [2.45, 2.75) is 20.8 Å². The maximum atomic E-state index is 12.6. The summed E-state index contributed by atoms with van der Waals surface area (Å²) in [5, 5.41) is 0. The number of benzene rings is 1. The van der Waals surface area contributed by atoms with Gasteiger partial charge in [0.15, 0.2) is 0 Å². The number of aromatic nitrogens is 2. The highest BCUT2D eigenvalue weighted by Gasteiger charge is 2.18. The number of hydrogen-bond acceptors (Lipinski definition) is 4. The van der Waals surface area contributed by atoms with Crippen LogP contribution >= 0.6 is 0 Å². The number of carbonyl (C=O) groups excluding carboxylic acids is 1. The summed E-state index contributed by atoms with van der Waals surface area (Å²) in [6.07, 6.45) is 3.22. The molecule has 0 saturated heterocycles. The van der Waals surface area contributed by atoms with E-state index in [0.29, 0.717) is 12.2 Å². The molecule has 0 radical (unpaired) electrons. The van der Waals surface area contributed by atoms with E-state index < -0.39 is 0 Å². The molecule has 1 heterocycles. The van der Waals surface area contributed by atoms with Crippen LogP contribution in [0.5, 0.6) is 0 Å². The molecule has 22 heavy (non-hydrogen) atoms. The van der Waals surface area contributed by atoms with Crippen molar-refractivity contribution in [3.8, 4) is 0 Å². The van der Waals surface area contributed by atoms with Gasteiger partial charge < -0.3 is 9.80 Å². The smallest absolute Gasteiger partial charge is 0.278 e. The average Bonchev–Trinajstić information content (AvgIpc) is 2.58. The van der Waals surface area contributed by atoms with Gasteiger partial charge in [-0.05, 0) is 32.9 Å². The maximum Gasteiger partial charge on any atom is 0.278 e. The monoisotopic (exact) mass is 298 g/mol. The third-order valence-electron chi connectivity index (χ3n) is 3.57. The van der Waals surface area contributed by atoms with Crippen LogP contribution in [0.1, 0.15) is 31.3 Å². The Balaban J connectivity index is 2.21. The predicted molar refractivity (Wildman–Crippen MR) is 89.4 cm³/mol. The molecule has 1 amide bonds. The molecule has 5 nitrogen and oxygen atoms in total. The van der Waals surface area contributed by atoms with Gasteiger partial charge in [0.05, 0.1) is 12.4 Å². The van der Waals surface area contributed by atoms with Crippen molar-refractivity contribution in [3.05, 3.63) is 48.4 Å². The number of para-hydroxylation sites is 1. The van der Waals surface area contributed by atoms with Crippen LogP contribution in [0.3, 0.4) is 0 Å². The van der Waals surface area contributed by atoms with E-state index in [-0.39, 0.29) is 5.91 Å². The molecular formula is C17H22N4O. The molecule has 0 N–H and O–H groups in total. The summed E-state index contributed by atoms with van der Waals surface area (Å²) in [5.41, 5.74) is 1.23. The number of rotatable bonds is 6. The SMILES string of the molecule is CCN(CC)c1cnc(C(=O)N(CC)c2ccccc2)cn1. The minimum atomic E-state index is -0.132. The van der Waals surface area contributed by atoms with Crippen LogP contribution in [-0.4, -0.2) is 35.5 Å². The lowest BCUT2D eigenvalue weighted by Gasteiger charge is -2.21. The second kappa shape index (κ2) is 7.54. The largest absolute Gasteiger partial charge is 0.356 e. The molecule has 0 saturated carbocycles. The van der Waals surface area contributed by atoms with Crippen molar-refractivity contribution in [1.29, 1.82) is 0 Å². The number of carbonyl (C=O) groups is 1. The molecule has 0 spiro atoms. The van der Waals surface area contributed by atoms with Gasteiger partial charge in [0.25, 0.3) is 5.91 Å². The second-order valence-electron chi connectivity index (χ2n) is 4.82. The molecule has 0 fully saturated rings. The van der Waals surface area contributed by atoms with Crippen LogP contribution in [0, 0.1) is 0 Å². The van der Waals surface area contributed by atoms with Gasteiger partial charge in [0.2, 0.25) is 0 Å². The van der Waals surface area contributed by atoms with Crippen molar-refractivity contribution in [2.24, 2.45) is 0 Å². The van der Waals surface area contributed by atoms with Gasteiger partial charge in [-0.3, -0.25) is 4.79 Å². The lowest BCUT2D eigenvalue weighted by atomic mass is 10.2. The highest BCUT2D eigenvalue weighted by molar-refractivity contribution is 6.04. The highest BCUT2D eigenvalue weighted by Crippen LogP contribution is 2.16. The third kappa shape index (κ3) is 3.42. The number of amides is 1. The zero-order chi connectivity index (χ0) is 15.9. The summed E-state index contributed by atoms with van der Waals surface area (Å²) in [6.45, 7) is 8.40. The lowest BCUT2D eigenvalue weighted by molar-refractivity contribution is 0.0983. The summed E-state index contributed by atoms with van der Waals surface area (Å²) in [4.78, 5) is 25.1. The molecule has 2 aromatic rings. The van der Waals surface area contributed by atoms with Gasteiger partial charge in [-0.1, -0.05) is 18.2 Å². The topological polar surface area (TPSA) is 49.3 Å². The van der Waals surface area contributed by atoms with E-state index in [0.717, 1.165) is 24.6 Å². The van der Waals surface area contributed by atoms with Crippen LogP contribution in [0.2, 0.25) is 0 Å². The van der Waals surface area contributed by atoms with Crippen LogP contribution in [0.4, 0.5) is 11.5 Å². The molecule has 0 atom stereocenters. The molecular weight excluding hydrogens is 276 g/mol. The Morgan fingerprint density at radius 2 is 1.64 bits per heavy atom. The minimum absolute atomic E-state index is 0.132. The molecule has 2 rings (SSSR count). The Labute approximate surface area is 131 Å². The molecule has 1 aromatic carbocycles. The highest BCUT2D eigenvalue weighted by atomic mass is 16.2. The van der Waals surface area contributed by atoms with Crippen LogP contribution in [-0.2, 0) is 0 Å². The van der Waals surface area contributed by atoms with E-state index in [1.54, 1.807) is 17.3 Å². The van der Waals surface area contributed by atoms with Crippen LogP contribution in [0.25, 0.3) is 0 Å². The van der Waals surface area contributed by atoms with Crippen molar-refractivity contribution in [1.82, 2.24) is 9.97 Å². The van der Waals surface area contributed by atoms with Gasteiger partial charge in [0, 0.05) is 25.3 Å². The van der Waals surface area contributed by atoms with E-state index in [1.165, 1.54) is 0 Å². The van der Waals surface area contributed by atoms with Gasteiger partial charge >= 0.3 is 0 Å². The summed E-state index contributed by atoms with van der Waals surface area (Å²) in [6, 6.07) is 9.60. The quantitative estimate of drug-likeness (QED) is 0.822. The van der Waals surface area contributed by atoms with E-state index in [4.69, 9.17) is 0 Å². The molecule has 0 bridgehead atoms. The van der Waals surface area contributed by atoms with Crippen molar-refractivity contribution >= 4 is 17.4 Å². The average molecular weight is 298 g/mol. The Kier molecular flexibility index (Phi) is 5.47. The number of hydrogen-bond donors (Lipinski definition) is 0. The Hall–Kier alpha value is -2.43. The normalized spacial score (nSPS) is 10.3. The fraction of sp³-hybridized carbons (Fsp3) is 0.353. The minimum Gasteiger partial charge on any atom is -0.356 e. The van der Waals surface area contributed by atoms with Crippen LogP contribution < -0.4 is 9.80 Å². The molecule has 0 aliphatic carbocycles. The standard InChI is InChI=1S/C17H22N4O/c1-4-20(5-2)16-13-18-15(12-19-16)17(22)21(6-3)14-10-8-7-9-11-14/h7-13H,4-6H2,1-3H3. The van der Waals surface area contributed by atoms with Crippen molar-refractivity contribution < 1.29 is 4.79 Å². The predicted octanol–water partition coefficient (Wildman–Crippen LogP) is 2.99. The van der Waals surface area contributed by atoms with Crippen LogP contribution in [0.15, 0.2) is 42.7 Å². The summed E-state index contributed by atoms with van der Waals surface area (Å²) in [5.74, 6) is 0.664. The number of nitrogens with zero attached hydrogens (tertiary/aromatic N) is 4. The van der Waals surface area contributed by atoms with Crippen molar-refractivity contribution in [3.63, 3.8) is 0 Å². The molecule has 0 aliphatic rings. The van der Waals surface area contributed by atoms with Gasteiger partial charge in [0.1, 0.15) is 11.5 Å². The second-order valence-corrected chi connectivity index (χ2v) is 4.82. The lowest BCUT2D eigenvalue weighted by Crippen LogP contribution is -2.31. The molecule has 0 aliphatic heterocycles. The third-order valence-corrected chi connectivity index (χ3v) is 3.57. The zero-order valence-electron chi connectivity index (χ0n) is 13.4. The maximum absolute atomic E-state index is 12.6. The van der Waals surface area contributed by atoms with E-state index in [1.807, 2.05) is 37.3 Å². The molecule has 5 heteroatoms. The Morgan fingerprint density at radius 3 is 2.14 bits per heavy atom. The first kappa shape index (κ1) is 15.9. The molecule has 1 aromatic heterocycles. The van der Waals surface area contributed by atoms with Gasteiger partial charge in [-0.15, -0.1) is 0 Å². The zero-order valence-corrected chi connectivity index (χ0v) is 13.4. The van der Waals surface area contributed by atoms with Gasteiger partial charge in [-0.25, -0.2) is 9.97 Å². The summed E-state index contributed by atoms with van der Waals surface area (Å²) < 4.78 is 0. The summed E-state index contributed by atoms with van der Waals surface area (Å²) in [7, 11) is 0. The van der Waals surface area contributed by atoms with E-state index >= 15 is 0 Å². The first-order chi connectivity index (χ1) is 10.7. The van der Waals surface area contributed by atoms with Gasteiger partial charge in [-0.2, -0.15) is 0 Å². The fourth-order valence-electron chi connectivity index (χ4n) is 2.33. The fourth-order valence-corrected chi connectivity index (χ4v) is 2.33. The van der Waals surface area contributed by atoms with E-state index in [9.17, 15) is 4.79 Å². The Bertz CT molecular complexity index is 594. The first-order valence-corrected chi connectivity index (χ1v) is 7.65. The molecule has 0 unspecified atom stereocenters. The first-order valence-electron chi connectivity index (χ1n) is 7.65.